The number of likely N-dealkylation sites (tertiary alicyclic amines) is 1. The Hall–Kier alpha value is -1.63. The van der Waals surface area contributed by atoms with Crippen molar-refractivity contribution in [2.24, 2.45) is 11.8 Å². The van der Waals surface area contributed by atoms with E-state index in [0.29, 0.717) is 31.7 Å². The second kappa shape index (κ2) is 7.72. The first-order valence-electron chi connectivity index (χ1n) is 8.80. The van der Waals surface area contributed by atoms with E-state index in [2.05, 4.69) is 0 Å². The predicted octanol–water partition coefficient (Wildman–Crippen LogP) is 2.27. The molecule has 25 heavy (non-hydrogen) atoms. The number of carbonyl (C=O) groups is 1. The molecule has 2 aliphatic heterocycles. The Kier molecular flexibility index (Phi) is 5.61. The smallest absolute Gasteiger partial charge is 0.225 e. The quantitative estimate of drug-likeness (QED) is 0.817. The third-order valence-corrected chi connectivity index (χ3v) is 6.75. The molecule has 2 aliphatic rings. The lowest BCUT2D eigenvalue weighted by Gasteiger charge is -2.35. The van der Waals surface area contributed by atoms with Crippen LogP contribution in [0, 0.1) is 17.7 Å². The maximum absolute atomic E-state index is 12.9. The van der Waals surface area contributed by atoms with Gasteiger partial charge in [0.1, 0.15) is 21.4 Å². The number of sulfone groups is 1. The number of rotatable bonds is 4. The van der Waals surface area contributed by atoms with Crippen LogP contribution in [0.3, 0.4) is 0 Å². The van der Waals surface area contributed by atoms with Crippen molar-refractivity contribution in [3.8, 4) is 5.75 Å². The highest BCUT2D eigenvalue weighted by atomic mass is 32.2. The van der Waals surface area contributed by atoms with Gasteiger partial charge in [-0.1, -0.05) is 0 Å². The third-order valence-electron chi connectivity index (χ3n) is 5.03. The van der Waals surface area contributed by atoms with Crippen LogP contribution in [0.2, 0.25) is 0 Å². The van der Waals surface area contributed by atoms with Crippen molar-refractivity contribution in [1.82, 2.24) is 4.90 Å². The summed E-state index contributed by atoms with van der Waals surface area (Å²) in [4.78, 5) is 14.5. The van der Waals surface area contributed by atoms with Gasteiger partial charge in [0, 0.05) is 24.9 Å². The normalized spacial score (nSPS) is 24.0. The Morgan fingerprint density at radius 1 is 1.16 bits per heavy atom. The summed E-state index contributed by atoms with van der Waals surface area (Å²) < 4.78 is 41.7. The number of benzene rings is 1. The molecule has 2 fully saturated rings. The molecule has 2 saturated heterocycles. The van der Waals surface area contributed by atoms with E-state index in [9.17, 15) is 17.6 Å². The molecular weight excluding hydrogens is 345 g/mol. The molecule has 1 aromatic rings. The number of nitrogens with zero attached hydrogens (tertiary/aromatic N) is 1. The Morgan fingerprint density at radius 2 is 1.84 bits per heavy atom. The van der Waals surface area contributed by atoms with Gasteiger partial charge in [-0.3, -0.25) is 4.79 Å². The van der Waals surface area contributed by atoms with Crippen molar-refractivity contribution in [3.05, 3.63) is 30.1 Å². The summed E-state index contributed by atoms with van der Waals surface area (Å²) in [6.45, 7) is 1.87. The van der Waals surface area contributed by atoms with Crippen molar-refractivity contribution in [2.75, 3.05) is 31.2 Å². The van der Waals surface area contributed by atoms with Gasteiger partial charge in [0.05, 0.1) is 18.1 Å². The van der Waals surface area contributed by atoms with Crippen LogP contribution >= 0.6 is 0 Å². The molecule has 1 aromatic carbocycles. The zero-order chi connectivity index (χ0) is 17.9. The van der Waals surface area contributed by atoms with Crippen molar-refractivity contribution < 1.29 is 22.3 Å². The molecule has 1 atom stereocenters. The molecule has 0 spiro atoms. The van der Waals surface area contributed by atoms with E-state index in [1.807, 2.05) is 4.90 Å². The fourth-order valence-electron chi connectivity index (χ4n) is 3.54. The maximum atomic E-state index is 12.9. The van der Waals surface area contributed by atoms with Gasteiger partial charge >= 0.3 is 0 Å². The molecule has 1 amide bonds. The van der Waals surface area contributed by atoms with E-state index < -0.39 is 9.84 Å². The largest absolute Gasteiger partial charge is 0.493 e. The SMILES string of the molecule is O=C(C1CCS(=O)(=O)CC1)N1CCC[C@H](COc2ccc(F)cc2)C1. The highest BCUT2D eigenvalue weighted by molar-refractivity contribution is 7.91. The molecular formula is C18H24FNO4S. The van der Waals surface area contributed by atoms with Crippen LogP contribution < -0.4 is 4.74 Å². The number of ether oxygens (including phenoxy) is 1. The summed E-state index contributed by atoms with van der Waals surface area (Å²) in [6.07, 6.45) is 2.79. The minimum absolute atomic E-state index is 0.0846. The number of hydrogen-bond acceptors (Lipinski definition) is 4. The van der Waals surface area contributed by atoms with Gasteiger partial charge in [0.2, 0.25) is 5.91 Å². The summed E-state index contributed by atoms with van der Waals surface area (Å²) >= 11 is 0. The summed E-state index contributed by atoms with van der Waals surface area (Å²) in [5.41, 5.74) is 0. The van der Waals surface area contributed by atoms with Gasteiger partial charge in [-0.25, -0.2) is 12.8 Å². The van der Waals surface area contributed by atoms with Crippen molar-refractivity contribution in [3.63, 3.8) is 0 Å². The predicted molar refractivity (Wildman–Crippen MR) is 92.6 cm³/mol. The van der Waals surface area contributed by atoms with Crippen molar-refractivity contribution in [2.45, 2.75) is 25.7 Å². The van der Waals surface area contributed by atoms with Crippen LogP contribution in [0.1, 0.15) is 25.7 Å². The summed E-state index contributed by atoms with van der Waals surface area (Å²) in [5.74, 6) is 0.735. The molecule has 0 unspecified atom stereocenters. The second-order valence-corrected chi connectivity index (χ2v) is 9.29. The number of hydrogen-bond donors (Lipinski definition) is 0. The molecule has 3 rings (SSSR count). The van der Waals surface area contributed by atoms with E-state index in [1.54, 1.807) is 12.1 Å². The van der Waals surface area contributed by atoms with Gasteiger partial charge in [-0.05, 0) is 49.9 Å². The average Bonchev–Trinajstić information content (AvgIpc) is 2.61. The molecule has 0 aromatic heterocycles. The van der Waals surface area contributed by atoms with Crippen LogP contribution in [-0.4, -0.2) is 50.4 Å². The first-order chi connectivity index (χ1) is 11.9. The lowest BCUT2D eigenvalue weighted by atomic mass is 9.95. The molecule has 0 bridgehead atoms. The van der Waals surface area contributed by atoms with Gasteiger partial charge in [-0.2, -0.15) is 0 Å². The average molecular weight is 369 g/mol. The molecule has 7 heteroatoms. The highest BCUT2D eigenvalue weighted by Gasteiger charge is 2.33. The van der Waals surface area contributed by atoms with Crippen LogP contribution in [0.25, 0.3) is 0 Å². The summed E-state index contributed by atoms with van der Waals surface area (Å²) in [7, 11) is -2.95. The van der Waals surface area contributed by atoms with Gasteiger partial charge in [0.25, 0.3) is 0 Å². The van der Waals surface area contributed by atoms with E-state index in [1.165, 1.54) is 12.1 Å². The van der Waals surface area contributed by atoms with Crippen LogP contribution in [0.4, 0.5) is 4.39 Å². The minimum Gasteiger partial charge on any atom is -0.493 e. The first kappa shape index (κ1) is 18.2. The minimum atomic E-state index is -2.95. The number of amides is 1. The lowest BCUT2D eigenvalue weighted by molar-refractivity contribution is -0.137. The third kappa shape index (κ3) is 4.93. The van der Waals surface area contributed by atoms with E-state index in [0.717, 1.165) is 19.4 Å². The van der Waals surface area contributed by atoms with E-state index >= 15 is 0 Å². The molecule has 0 aliphatic carbocycles. The number of carbonyl (C=O) groups excluding carboxylic acids is 1. The molecule has 0 saturated carbocycles. The Bertz CT molecular complexity index is 690. The second-order valence-electron chi connectivity index (χ2n) is 6.98. The van der Waals surface area contributed by atoms with Crippen LogP contribution in [0.15, 0.2) is 24.3 Å². The zero-order valence-corrected chi connectivity index (χ0v) is 15.0. The maximum Gasteiger partial charge on any atom is 0.225 e. The molecule has 138 valence electrons. The lowest BCUT2D eigenvalue weighted by Crippen LogP contribution is -2.45. The van der Waals surface area contributed by atoms with E-state index in [4.69, 9.17) is 4.74 Å². The molecule has 2 heterocycles. The number of piperidine rings is 1. The zero-order valence-electron chi connectivity index (χ0n) is 14.2. The van der Waals surface area contributed by atoms with Crippen molar-refractivity contribution >= 4 is 15.7 Å². The van der Waals surface area contributed by atoms with Crippen LogP contribution in [0.5, 0.6) is 5.75 Å². The van der Waals surface area contributed by atoms with Gasteiger partial charge in [0.15, 0.2) is 0 Å². The van der Waals surface area contributed by atoms with Crippen LogP contribution in [-0.2, 0) is 14.6 Å². The topological polar surface area (TPSA) is 63.7 Å². The molecule has 0 N–H and O–H groups in total. The summed E-state index contributed by atoms with van der Waals surface area (Å²) in [6, 6.07) is 5.93. The Balaban J connectivity index is 1.50. The van der Waals surface area contributed by atoms with E-state index in [-0.39, 0.29) is 35.1 Å². The standard InChI is InChI=1S/C18H24FNO4S/c19-16-3-5-17(6-4-16)24-13-14-2-1-9-20(12-14)18(21)15-7-10-25(22,23)11-8-15/h3-6,14-15H,1-2,7-13H2/t14-/m0/s1. The fraction of sp³-hybridized carbons (Fsp3) is 0.611. The summed E-state index contributed by atoms with van der Waals surface area (Å²) in [5, 5.41) is 0. The number of halogens is 1. The van der Waals surface area contributed by atoms with Gasteiger partial charge in [-0.15, -0.1) is 0 Å². The Labute approximate surface area is 148 Å². The monoisotopic (exact) mass is 369 g/mol. The molecule has 0 radical (unpaired) electrons. The molecule has 5 nitrogen and oxygen atoms in total. The fourth-order valence-corrected chi connectivity index (χ4v) is 5.03. The first-order valence-corrected chi connectivity index (χ1v) is 10.6. The highest BCUT2D eigenvalue weighted by Crippen LogP contribution is 2.25. The van der Waals surface area contributed by atoms with Gasteiger partial charge < -0.3 is 9.64 Å². The Morgan fingerprint density at radius 3 is 2.52 bits per heavy atom. The van der Waals surface area contributed by atoms with Crippen molar-refractivity contribution in [1.29, 1.82) is 0 Å².